The molecule has 0 heterocycles. The maximum absolute atomic E-state index is 11.7. The predicted molar refractivity (Wildman–Crippen MR) is 83.1 cm³/mol. The van der Waals surface area contributed by atoms with Gasteiger partial charge in [-0.1, -0.05) is 60.7 Å². The molecule has 0 aliphatic carbocycles. The second-order valence-corrected chi connectivity index (χ2v) is 4.70. The summed E-state index contributed by atoms with van der Waals surface area (Å²) >= 11 is 0. The van der Waals surface area contributed by atoms with E-state index in [4.69, 9.17) is 9.84 Å². The first-order valence-electron chi connectivity index (χ1n) is 6.85. The van der Waals surface area contributed by atoms with Gasteiger partial charge in [0.15, 0.2) is 0 Å². The van der Waals surface area contributed by atoms with Crippen LogP contribution >= 0.6 is 0 Å². The molecule has 4 heteroatoms. The van der Waals surface area contributed by atoms with Crippen molar-refractivity contribution in [2.24, 2.45) is 0 Å². The quantitative estimate of drug-likeness (QED) is 0.657. The van der Waals surface area contributed by atoms with Crippen molar-refractivity contribution < 1.29 is 19.4 Å². The van der Waals surface area contributed by atoms with Crippen LogP contribution in [0.5, 0.6) is 0 Å². The van der Waals surface area contributed by atoms with Gasteiger partial charge in [-0.3, -0.25) is 0 Å². The van der Waals surface area contributed by atoms with Crippen molar-refractivity contribution in [3.05, 3.63) is 77.9 Å². The first-order valence-corrected chi connectivity index (χ1v) is 6.85. The Kier molecular flexibility index (Phi) is 5.49. The molecule has 112 valence electrons. The van der Waals surface area contributed by atoms with Crippen molar-refractivity contribution in [3.8, 4) is 0 Å². The number of ether oxygens (including phenoxy) is 1. The molecular formula is C18H16O4. The molecule has 1 N–H and O–H groups in total. The molecule has 0 aliphatic heterocycles. The Balaban J connectivity index is 1.97. The molecule has 0 aromatic heterocycles. The van der Waals surface area contributed by atoms with Crippen molar-refractivity contribution >= 4 is 18.0 Å². The molecule has 2 aromatic rings. The summed E-state index contributed by atoms with van der Waals surface area (Å²) in [4.78, 5) is 23.0. The summed E-state index contributed by atoms with van der Waals surface area (Å²) in [6, 6.07) is 18.3. The molecule has 0 amide bonds. The summed E-state index contributed by atoms with van der Waals surface area (Å²) in [6.45, 7) is 0. The molecule has 0 radical (unpaired) electrons. The first-order chi connectivity index (χ1) is 10.6. The van der Waals surface area contributed by atoms with Gasteiger partial charge in [-0.25, -0.2) is 9.59 Å². The zero-order chi connectivity index (χ0) is 15.8. The highest BCUT2D eigenvalue weighted by atomic mass is 16.6. The van der Waals surface area contributed by atoms with E-state index in [1.165, 1.54) is 6.08 Å². The molecule has 0 saturated heterocycles. The number of hydrogen-bond donors (Lipinski definition) is 1. The van der Waals surface area contributed by atoms with Gasteiger partial charge in [-0.05, 0) is 17.2 Å². The highest BCUT2D eigenvalue weighted by molar-refractivity contribution is 5.89. The van der Waals surface area contributed by atoms with Gasteiger partial charge < -0.3 is 9.84 Å². The largest absolute Gasteiger partial charge is 0.478 e. The number of rotatable bonds is 6. The first kappa shape index (κ1) is 15.5. The van der Waals surface area contributed by atoms with Crippen LogP contribution in [0.25, 0.3) is 6.08 Å². The average molecular weight is 296 g/mol. The SMILES string of the molecule is O=C(/C=C/c1ccccc1)OC(Cc1ccccc1)C(=O)O. The normalized spacial score (nSPS) is 12.0. The van der Waals surface area contributed by atoms with Crippen LogP contribution in [-0.4, -0.2) is 23.1 Å². The number of carbonyl (C=O) groups is 2. The zero-order valence-corrected chi connectivity index (χ0v) is 11.9. The highest BCUT2D eigenvalue weighted by Gasteiger charge is 2.21. The predicted octanol–water partition coefficient (Wildman–Crippen LogP) is 2.94. The minimum atomic E-state index is -1.20. The molecule has 1 unspecified atom stereocenters. The minimum Gasteiger partial charge on any atom is -0.478 e. The zero-order valence-electron chi connectivity index (χ0n) is 11.9. The molecule has 2 rings (SSSR count). The Hall–Kier alpha value is -2.88. The fourth-order valence-corrected chi connectivity index (χ4v) is 1.92. The Morgan fingerprint density at radius 2 is 1.59 bits per heavy atom. The number of carboxylic acids is 1. The van der Waals surface area contributed by atoms with Gasteiger partial charge in [-0.2, -0.15) is 0 Å². The summed E-state index contributed by atoms with van der Waals surface area (Å²) in [5.41, 5.74) is 1.64. The van der Waals surface area contributed by atoms with Gasteiger partial charge in [0.2, 0.25) is 6.10 Å². The fraction of sp³-hybridized carbons (Fsp3) is 0.111. The molecule has 2 aromatic carbocycles. The van der Waals surface area contributed by atoms with Crippen LogP contribution in [0.2, 0.25) is 0 Å². The lowest BCUT2D eigenvalue weighted by atomic mass is 10.1. The lowest BCUT2D eigenvalue weighted by Crippen LogP contribution is -2.28. The summed E-state index contributed by atoms with van der Waals surface area (Å²) in [6.07, 6.45) is 1.76. The number of hydrogen-bond acceptors (Lipinski definition) is 3. The van der Waals surface area contributed by atoms with Crippen LogP contribution < -0.4 is 0 Å². The van der Waals surface area contributed by atoms with Crippen molar-refractivity contribution in [1.29, 1.82) is 0 Å². The van der Waals surface area contributed by atoms with E-state index in [2.05, 4.69) is 0 Å². The highest BCUT2D eigenvalue weighted by Crippen LogP contribution is 2.08. The summed E-state index contributed by atoms with van der Waals surface area (Å²) in [5, 5.41) is 9.17. The van der Waals surface area contributed by atoms with Crippen molar-refractivity contribution in [3.63, 3.8) is 0 Å². The number of carbonyl (C=O) groups excluding carboxylic acids is 1. The number of carboxylic acid groups (broad SMARTS) is 1. The van der Waals surface area contributed by atoms with E-state index in [9.17, 15) is 9.59 Å². The molecule has 0 spiro atoms. The third-order valence-electron chi connectivity index (χ3n) is 3.01. The minimum absolute atomic E-state index is 0.140. The molecule has 0 aliphatic rings. The van der Waals surface area contributed by atoms with Gasteiger partial charge in [0.05, 0.1) is 0 Å². The van der Waals surface area contributed by atoms with Crippen LogP contribution in [-0.2, 0) is 20.7 Å². The Bertz CT molecular complexity index is 647. The van der Waals surface area contributed by atoms with Crippen LogP contribution in [0.15, 0.2) is 66.7 Å². The number of benzene rings is 2. The van der Waals surface area contributed by atoms with E-state index in [1.54, 1.807) is 18.2 Å². The van der Waals surface area contributed by atoms with E-state index >= 15 is 0 Å². The summed E-state index contributed by atoms with van der Waals surface area (Å²) in [7, 11) is 0. The third kappa shape index (κ3) is 4.90. The van der Waals surface area contributed by atoms with Crippen LogP contribution in [0.1, 0.15) is 11.1 Å². The van der Waals surface area contributed by atoms with Crippen molar-refractivity contribution in [2.45, 2.75) is 12.5 Å². The number of aliphatic carboxylic acids is 1. The smallest absolute Gasteiger partial charge is 0.345 e. The van der Waals surface area contributed by atoms with Gasteiger partial charge in [-0.15, -0.1) is 0 Å². The van der Waals surface area contributed by atoms with E-state index in [1.807, 2.05) is 48.5 Å². The monoisotopic (exact) mass is 296 g/mol. The average Bonchev–Trinajstić information content (AvgIpc) is 2.54. The Morgan fingerprint density at radius 1 is 1.00 bits per heavy atom. The van der Waals surface area contributed by atoms with Gasteiger partial charge in [0.1, 0.15) is 0 Å². The molecule has 22 heavy (non-hydrogen) atoms. The second-order valence-electron chi connectivity index (χ2n) is 4.70. The van der Waals surface area contributed by atoms with Gasteiger partial charge in [0, 0.05) is 12.5 Å². The summed E-state index contributed by atoms with van der Waals surface area (Å²) in [5.74, 6) is -1.84. The standard InChI is InChI=1S/C18H16O4/c19-17(12-11-14-7-3-1-4-8-14)22-16(18(20)21)13-15-9-5-2-6-10-15/h1-12,16H,13H2,(H,20,21)/b12-11+. The van der Waals surface area contributed by atoms with E-state index in [0.717, 1.165) is 11.1 Å². The maximum atomic E-state index is 11.7. The van der Waals surface area contributed by atoms with Crippen LogP contribution in [0, 0.1) is 0 Å². The van der Waals surface area contributed by atoms with E-state index in [0.29, 0.717) is 0 Å². The molecule has 0 saturated carbocycles. The van der Waals surface area contributed by atoms with E-state index < -0.39 is 18.0 Å². The number of esters is 1. The van der Waals surface area contributed by atoms with Crippen LogP contribution in [0.4, 0.5) is 0 Å². The van der Waals surface area contributed by atoms with Crippen LogP contribution in [0.3, 0.4) is 0 Å². The molecule has 0 bridgehead atoms. The second kappa shape index (κ2) is 7.78. The van der Waals surface area contributed by atoms with Gasteiger partial charge in [0.25, 0.3) is 0 Å². The molecular weight excluding hydrogens is 280 g/mol. The van der Waals surface area contributed by atoms with E-state index in [-0.39, 0.29) is 6.42 Å². The van der Waals surface area contributed by atoms with Crippen molar-refractivity contribution in [1.82, 2.24) is 0 Å². The van der Waals surface area contributed by atoms with Crippen molar-refractivity contribution in [2.75, 3.05) is 0 Å². The van der Waals surface area contributed by atoms with Gasteiger partial charge >= 0.3 is 11.9 Å². The lowest BCUT2D eigenvalue weighted by Gasteiger charge is -2.12. The molecule has 0 fully saturated rings. The topological polar surface area (TPSA) is 63.6 Å². The third-order valence-corrected chi connectivity index (χ3v) is 3.01. The molecule has 1 atom stereocenters. The fourth-order valence-electron chi connectivity index (χ4n) is 1.92. The summed E-state index contributed by atoms with van der Waals surface area (Å²) < 4.78 is 5.01. The Labute approximate surface area is 128 Å². The molecule has 4 nitrogen and oxygen atoms in total. The maximum Gasteiger partial charge on any atom is 0.345 e. The Morgan fingerprint density at radius 3 is 2.18 bits per heavy atom. The lowest BCUT2D eigenvalue weighted by molar-refractivity contribution is -0.160.